The fraction of sp³-hybridized carbons (Fsp3) is 0.176. The lowest BCUT2D eigenvalue weighted by atomic mass is 10.3. The minimum absolute atomic E-state index is 0.0856. The Morgan fingerprint density at radius 3 is 2.72 bits per heavy atom. The Labute approximate surface area is 144 Å². The number of aromatic nitrogens is 3. The predicted octanol–water partition coefficient (Wildman–Crippen LogP) is 1.25. The van der Waals surface area contributed by atoms with Crippen LogP contribution in [0.2, 0.25) is 0 Å². The summed E-state index contributed by atoms with van der Waals surface area (Å²) >= 11 is 0. The molecule has 0 aliphatic heterocycles. The summed E-state index contributed by atoms with van der Waals surface area (Å²) in [6.07, 6.45) is 3.07. The number of furan rings is 1. The average molecular weight is 339 g/mol. The summed E-state index contributed by atoms with van der Waals surface area (Å²) in [5, 5.41) is 10.5. The highest BCUT2D eigenvalue weighted by Gasteiger charge is 2.18. The van der Waals surface area contributed by atoms with E-state index in [0.717, 1.165) is 5.69 Å². The molecule has 8 nitrogen and oxygen atoms in total. The van der Waals surface area contributed by atoms with E-state index in [-0.39, 0.29) is 30.6 Å². The number of hydrogen-bond donors (Lipinski definition) is 1. The van der Waals surface area contributed by atoms with Gasteiger partial charge in [0, 0.05) is 7.05 Å². The van der Waals surface area contributed by atoms with Crippen LogP contribution in [-0.4, -0.2) is 45.3 Å². The number of likely N-dealkylation sites (N-methyl/N-ethyl adjacent to an activating group) is 1. The Hall–Kier alpha value is -3.42. The molecule has 3 aromatic rings. The molecular formula is C17H17N5O3. The molecule has 0 saturated carbocycles. The zero-order valence-electron chi connectivity index (χ0n) is 13.6. The SMILES string of the molecule is CN(CC(=O)NCc1ccco1)C(=O)c1cn(-c2ccccc2)nn1. The molecule has 3 rings (SSSR count). The maximum absolute atomic E-state index is 12.4. The van der Waals surface area contributed by atoms with Gasteiger partial charge in [-0.05, 0) is 24.3 Å². The van der Waals surface area contributed by atoms with Crippen LogP contribution in [0.3, 0.4) is 0 Å². The summed E-state index contributed by atoms with van der Waals surface area (Å²) in [7, 11) is 1.54. The Balaban J connectivity index is 1.57. The second kappa shape index (κ2) is 7.43. The van der Waals surface area contributed by atoms with E-state index >= 15 is 0 Å². The first-order chi connectivity index (χ1) is 12.1. The van der Waals surface area contributed by atoms with Crippen molar-refractivity contribution in [2.24, 2.45) is 0 Å². The van der Waals surface area contributed by atoms with Crippen molar-refractivity contribution in [3.63, 3.8) is 0 Å². The average Bonchev–Trinajstić information content (AvgIpc) is 3.32. The van der Waals surface area contributed by atoms with E-state index in [1.54, 1.807) is 12.1 Å². The number of hydrogen-bond acceptors (Lipinski definition) is 5. The van der Waals surface area contributed by atoms with Crippen molar-refractivity contribution < 1.29 is 14.0 Å². The van der Waals surface area contributed by atoms with Crippen molar-refractivity contribution in [2.45, 2.75) is 6.54 Å². The number of para-hydroxylation sites is 1. The van der Waals surface area contributed by atoms with Crippen LogP contribution < -0.4 is 5.32 Å². The summed E-state index contributed by atoms with van der Waals surface area (Å²) in [6, 6.07) is 12.8. The summed E-state index contributed by atoms with van der Waals surface area (Å²) < 4.78 is 6.65. The fourth-order valence-corrected chi connectivity index (χ4v) is 2.21. The first-order valence-corrected chi connectivity index (χ1v) is 7.66. The van der Waals surface area contributed by atoms with Gasteiger partial charge in [0.1, 0.15) is 5.76 Å². The molecule has 0 saturated heterocycles. The first-order valence-electron chi connectivity index (χ1n) is 7.66. The van der Waals surface area contributed by atoms with Crippen LogP contribution in [-0.2, 0) is 11.3 Å². The van der Waals surface area contributed by atoms with Gasteiger partial charge in [0.15, 0.2) is 5.69 Å². The Morgan fingerprint density at radius 2 is 2.00 bits per heavy atom. The molecule has 0 radical (unpaired) electrons. The highest BCUT2D eigenvalue weighted by atomic mass is 16.3. The van der Waals surface area contributed by atoms with Gasteiger partial charge in [-0.15, -0.1) is 5.10 Å². The van der Waals surface area contributed by atoms with E-state index in [1.165, 1.54) is 29.1 Å². The Morgan fingerprint density at radius 1 is 1.20 bits per heavy atom. The van der Waals surface area contributed by atoms with E-state index in [4.69, 9.17) is 4.42 Å². The third-order valence-corrected chi connectivity index (χ3v) is 3.50. The first kappa shape index (κ1) is 16.4. The largest absolute Gasteiger partial charge is 0.467 e. The van der Waals surface area contributed by atoms with Gasteiger partial charge in [0.2, 0.25) is 5.91 Å². The van der Waals surface area contributed by atoms with Crippen LogP contribution in [0.1, 0.15) is 16.2 Å². The van der Waals surface area contributed by atoms with Gasteiger partial charge in [-0.3, -0.25) is 9.59 Å². The molecule has 8 heteroatoms. The van der Waals surface area contributed by atoms with Crippen molar-refractivity contribution in [3.8, 4) is 5.69 Å². The van der Waals surface area contributed by atoms with E-state index in [2.05, 4.69) is 15.6 Å². The van der Waals surface area contributed by atoms with E-state index in [0.29, 0.717) is 5.76 Å². The number of carbonyl (C=O) groups is 2. The zero-order chi connectivity index (χ0) is 17.6. The summed E-state index contributed by atoms with van der Waals surface area (Å²) in [5.74, 6) is -0.0221. The molecule has 0 bridgehead atoms. The molecule has 0 unspecified atom stereocenters. The van der Waals surface area contributed by atoms with Gasteiger partial charge < -0.3 is 14.6 Å². The van der Waals surface area contributed by atoms with Gasteiger partial charge in [0.25, 0.3) is 5.91 Å². The molecule has 0 atom stereocenters. The maximum Gasteiger partial charge on any atom is 0.276 e. The summed E-state index contributed by atoms with van der Waals surface area (Å²) in [5.41, 5.74) is 0.970. The molecule has 2 heterocycles. The number of amides is 2. The van der Waals surface area contributed by atoms with E-state index < -0.39 is 0 Å². The third kappa shape index (κ3) is 4.11. The van der Waals surface area contributed by atoms with Crippen molar-refractivity contribution in [1.82, 2.24) is 25.2 Å². The minimum atomic E-state index is -0.379. The van der Waals surface area contributed by atoms with Crippen LogP contribution >= 0.6 is 0 Å². The number of rotatable bonds is 6. The zero-order valence-corrected chi connectivity index (χ0v) is 13.6. The second-order valence-electron chi connectivity index (χ2n) is 5.40. The second-order valence-corrected chi connectivity index (χ2v) is 5.40. The minimum Gasteiger partial charge on any atom is -0.467 e. The highest BCUT2D eigenvalue weighted by Crippen LogP contribution is 2.07. The standard InChI is InChI=1S/C17H17N5O3/c1-21(12-16(23)18-10-14-8-5-9-25-14)17(24)15-11-22(20-19-15)13-6-3-2-4-7-13/h2-9,11H,10,12H2,1H3,(H,18,23). The van der Waals surface area contributed by atoms with Gasteiger partial charge in [0.05, 0.1) is 31.2 Å². The van der Waals surface area contributed by atoms with Crippen LogP contribution in [0, 0.1) is 0 Å². The lowest BCUT2D eigenvalue weighted by molar-refractivity contribution is -0.121. The third-order valence-electron chi connectivity index (χ3n) is 3.50. The number of carbonyl (C=O) groups excluding carboxylic acids is 2. The number of nitrogens with zero attached hydrogens (tertiary/aromatic N) is 4. The van der Waals surface area contributed by atoms with Crippen molar-refractivity contribution in [2.75, 3.05) is 13.6 Å². The van der Waals surface area contributed by atoms with Crippen LogP contribution in [0.25, 0.3) is 5.69 Å². The maximum atomic E-state index is 12.4. The number of nitrogens with one attached hydrogen (secondary N) is 1. The van der Waals surface area contributed by atoms with Crippen LogP contribution in [0.15, 0.2) is 59.3 Å². The molecule has 25 heavy (non-hydrogen) atoms. The van der Waals surface area contributed by atoms with Crippen molar-refractivity contribution >= 4 is 11.8 Å². The summed E-state index contributed by atoms with van der Waals surface area (Å²) in [6.45, 7) is 0.190. The molecule has 0 aliphatic carbocycles. The van der Waals surface area contributed by atoms with Crippen molar-refractivity contribution in [3.05, 3.63) is 66.4 Å². The van der Waals surface area contributed by atoms with E-state index in [9.17, 15) is 9.59 Å². The molecule has 0 aliphatic rings. The topological polar surface area (TPSA) is 93.3 Å². The Kier molecular flexibility index (Phi) is 4.89. The molecular weight excluding hydrogens is 322 g/mol. The Bertz CT molecular complexity index is 842. The number of benzene rings is 1. The molecule has 1 N–H and O–H groups in total. The highest BCUT2D eigenvalue weighted by molar-refractivity contribution is 5.94. The van der Waals surface area contributed by atoms with E-state index in [1.807, 2.05) is 30.3 Å². The van der Waals surface area contributed by atoms with Crippen LogP contribution in [0.4, 0.5) is 0 Å². The molecule has 128 valence electrons. The summed E-state index contributed by atoms with van der Waals surface area (Å²) in [4.78, 5) is 25.6. The fourth-order valence-electron chi connectivity index (χ4n) is 2.21. The van der Waals surface area contributed by atoms with Gasteiger partial charge in [-0.25, -0.2) is 4.68 Å². The lowest BCUT2D eigenvalue weighted by Gasteiger charge is -2.14. The quantitative estimate of drug-likeness (QED) is 0.729. The molecule has 0 fully saturated rings. The van der Waals surface area contributed by atoms with Crippen LogP contribution in [0.5, 0.6) is 0 Å². The monoisotopic (exact) mass is 339 g/mol. The smallest absolute Gasteiger partial charge is 0.276 e. The predicted molar refractivity (Wildman–Crippen MR) is 88.9 cm³/mol. The lowest BCUT2D eigenvalue weighted by Crippen LogP contribution is -2.38. The molecule has 0 spiro atoms. The normalized spacial score (nSPS) is 10.4. The van der Waals surface area contributed by atoms with Gasteiger partial charge in [-0.2, -0.15) is 0 Å². The van der Waals surface area contributed by atoms with Gasteiger partial charge >= 0.3 is 0 Å². The van der Waals surface area contributed by atoms with Crippen molar-refractivity contribution in [1.29, 1.82) is 0 Å². The van der Waals surface area contributed by atoms with Gasteiger partial charge in [-0.1, -0.05) is 23.4 Å². The molecule has 1 aromatic carbocycles. The molecule has 2 aromatic heterocycles. The molecule has 2 amide bonds.